The number of halogens is 1. The van der Waals surface area contributed by atoms with Crippen LogP contribution in [-0.4, -0.2) is 61.2 Å². The molecule has 0 saturated carbocycles. The summed E-state index contributed by atoms with van der Waals surface area (Å²) >= 11 is 5.52. The van der Waals surface area contributed by atoms with Crippen molar-refractivity contribution in [3.05, 3.63) is 28.2 Å². The van der Waals surface area contributed by atoms with Crippen LogP contribution >= 0.6 is 27.7 Å². The number of hydrogen-bond donors (Lipinski definition) is 1. The number of rotatable bonds is 4. The number of hydrogen-bond acceptors (Lipinski definition) is 4. The van der Waals surface area contributed by atoms with Crippen molar-refractivity contribution >= 4 is 33.6 Å². The van der Waals surface area contributed by atoms with E-state index in [2.05, 4.69) is 51.4 Å². The maximum atomic E-state index is 12.3. The molecule has 1 N–H and O–H groups in total. The monoisotopic (exact) mass is 397 g/mol. The lowest BCUT2D eigenvalue weighted by Crippen LogP contribution is -2.47. The molecule has 1 aromatic rings. The van der Waals surface area contributed by atoms with E-state index in [9.17, 15) is 4.79 Å². The molecule has 2 heterocycles. The van der Waals surface area contributed by atoms with Crippen LogP contribution in [0.25, 0.3) is 0 Å². The summed E-state index contributed by atoms with van der Waals surface area (Å²) in [7, 11) is 2.15. The second-order valence-electron chi connectivity index (χ2n) is 6.20. The zero-order valence-corrected chi connectivity index (χ0v) is 16.0. The van der Waals surface area contributed by atoms with E-state index in [1.54, 1.807) is 0 Å². The minimum atomic E-state index is 0.290. The van der Waals surface area contributed by atoms with Gasteiger partial charge in [0.15, 0.2) is 0 Å². The van der Waals surface area contributed by atoms with Gasteiger partial charge < -0.3 is 10.2 Å². The molecule has 23 heavy (non-hydrogen) atoms. The van der Waals surface area contributed by atoms with E-state index in [1.165, 1.54) is 10.5 Å². The Bertz CT molecular complexity index is 563. The predicted octanol–water partition coefficient (Wildman–Crippen LogP) is 2.74. The number of benzene rings is 1. The SMILES string of the molecule is CN(CCC(=O)N1CCNCC1)C1CCSc2ccc(Br)cc21. The zero-order valence-electron chi connectivity index (χ0n) is 13.6. The molecule has 1 fully saturated rings. The zero-order chi connectivity index (χ0) is 16.2. The molecule has 4 nitrogen and oxygen atoms in total. The number of carbonyl (C=O) groups is 1. The van der Waals surface area contributed by atoms with Gasteiger partial charge in [0.25, 0.3) is 0 Å². The van der Waals surface area contributed by atoms with Crippen LogP contribution < -0.4 is 5.32 Å². The van der Waals surface area contributed by atoms with Crippen LogP contribution in [0.5, 0.6) is 0 Å². The fourth-order valence-electron chi connectivity index (χ4n) is 3.31. The molecule has 0 aliphatic carbocycles. The highest BCUT2D eigenvalue weighted by Gasteiger charge is 2.25. The van der Waals surface area contributed by atoms with Gasteiger partial charge in [-0.1, -0.05) is 15.9 Å². The molecule has 2 aliphatic heterocycles. The second kappa shape index (κ2) is 8.01. The molecular weight excluding hydrogens is 374 g/mol. The standard InChI is InChI=1S/C17H24BrN3OS/c1-20(8-4-17(22)21-9-6-19-7-10-21)15-5-11-23-16-3-2-13(18)12-14(15)16/h2-3,12,15,19H,4-11H2,1H3. The lowest BCUT2D eigenvalue weighted by Gasteiger charge is -2.34. The molecule has 0 bridgehead atoms. The first kappa shape index (κ1) is 17.3. The molecule has 0 spiro atoms. The fraction of sp³-hybridized carbons (Fsp3) is 0.588. The molecule has 1 amide bonds. The molecule has 3 rings (SSSR count). The van der Waals surface area contributed by atoms with Crippen molar-refractivity contribution in [2.24, 2.45) is 0 Å². The Balaban J connectivity index is 1.59. The summed E-state index contributed by atoms with van der Waals surface area (Å²) in [6.07, 6.45) is 1.76. The van der Waals surface area contributed by atoms with Crippen molar-refractivity contribution < 1.29 is 4.79 Å². The van der Waals surface area contributed by atoms with Gasteiger partial charge in [0.2, 0.25) is 5.91 Å². The van der Waals surface area contributed by atoms with Crippen LogP contribution in [0.15, 0.2) is 27.6 Å². The Kier molecular flexibility index (Phi) is 6.01. The number of carbonyl (C=O) groups excluding carboxylic acids is 1. The van der Waals surface area contributed by atoms with Gasteiger partial charge in [-0.2, -0.15) is 0 Å². The highest BCUT2D eigenvalue weighted by atomic mass is 79.9. The summed E-state index contributed by atoms with van der Waals surface area (Å²) in [4.78, 5) is 18.1. The molecule has 126 valence electrons. The molecular formula is C17H24BrN3OS. The lowest BCUT2D eigenvalue weighted by atomic mass is 10.0. The van der Waals surface area contributed by atoms with Crippen molar-refractivity contribution in [2.45, 2.75) is 23.8 Å². The minimum absolute atomic E-state index is 0.290. The number of amides is 1. The maximum absolute atomic E-state index is 12.3. The number of nitrogens with one attached hydrogen (secondary N) is 1. The summed E-state index contributed by atoms with van der Waals surface area (Å²) in [5.74, 6) is 1.44. The van der Waals surface area contributed by atoms with Crippen molar-refractivity contribution in [2.75, 3.05) is 45.5 Å². The van der Waals surface area contributed by atoms with E-state index in [0.717, 1.165) is 49.4 Å². The first-order chi connectivity index (χ1) is 11.1. The van der Waals surface area contributed by atoms with Crippen molar-refractivity contribution in [1.29, 1.82) is 0 Å². The van der Waals surface area contributed by atoms with Crippen molar-refractivity contribution in [3.8, 4) is 0 Å². The Morgan fingerprint density at radius 2 is 2.22 bits per heavy atom. The van der Waals surface area contributed by atoms with E-state index < -0.39 is 0 Å². The Hall–Kier alpha value is -0.560. The van der Waals surface area contributed by atoms with Gasteiger partial charge in [0, 0.05) is 54.6 Å². The number of thioether (sulfide) groups is 1. The maximum Gasteiger partial charge on any atom is 0.223 e. The van der Waals surface area contributed by atoms with Gasteiger partial charge in [-0.25, -0.2) is 0 Å². The first-order valence-corrected chi connectivity index (χ1v) is 10.0. The third-order valence-electron chi connectivity index (χ3n) is 4.66. The third kappa shape index (κ3) is 4.29. The highest BCUT2D eigenvalue weighted by Crippen LogP contribution is 2.40. The van der Waals surface area contributed by atoms with E-state index in [4.69, 9.17) is 0 Å². The minimum Gasteiger partial charge on any atom is -0.340 e. The summed E-state index contributed by atoms with van der Waals surface area (Å²) in [6, 6.07) is 6.97. The number of piperazine rings is 1. The summed E-state index contributed by atoms with van der Waals surface area (Å²) in [5.41, 5.74) is 1.40. The molecule has 6 heteroatoms. The van der Waals surface area contributed by atoms with Crippen molar-refractivity contribution in [3.63, 3.8) is 0 Å². The van der Waals surface area contributed by atoms with Gasteiger partial charge >= 0.3 is 0 Å². The summed E-state index contributed by atoms with van der Waals surface area (Å²) in [6.45, 7) is 4.35. The van der Waals surface area contributed by atoms with Gasteiger partial charge in [0.1, 0.15) is 0 Å². The predicted molar refractivity (Wildman–Crippen MR) is 98.9 cm³/mol. The van der Waals surface area contributed by atoms with Crippen LogP contribution in [0.1, 0.15) is 24.4 Å². The van der Waals surface area contributed by atoms with Crippen LogP contribution in [0.2, 0.25) is 0 Å². The molecule has 1 saturated heterocycles. The molecule has 0 aromatic heterocycles. The molecule has 1 aromatic carbocycles. The largest absolute Gasteiger partial charge is 0.340 e. The van der Waals surface area contributed by atoms with E-state index in [1.807, 2.05) is 16.7 Å². The lowest BCUT2D eigenvalue weighted by molar-refractivity contribution is -0.132. The number of nitrogens with zero attached hydrogens (tertiary/aromatic N) is 2. The Labute approximate surface area is 151 Å². The van der Waals surface area contributed by atoms with Crippen molar-refractivity contribution in [1.82, 2.24) is 15.1 Å². The van der Waals surface area contributed by atoms with Gasteiger partial charge in [-0.3, -0.25) is 9.69 Å². The average Bonchev–Trinajstić information content (AvgIpc) is 2.59. The third-order valence-corrected chi connectivity index (χ3v) is 6.28. The van der Waals surface area contributed by atoms with Gasteiger partial charge in [0.05, 0.1) is 0 Å². The second-order valence-corrected chi connectivity index (χ2v) is 8.25. The van der Waals surface area contributed by atoms with Crippen LogP contribution in [0, 0.1) is 0 Å². The van der Waals surface area contributed by atoms with Crippen LogP contribution in [-0.2, 0) is 4.79 Å². The normalized spacial score (nSPS) is 21.3. The molecule has 1 unspecified atom stereocenters. The van der Waals surface area contributed by atoms with Gasteiger partial charge in [-0.15, -0.1) is 11.8 Å². The van der Waals surface area contributed by atoms with Crippen LogP contribution in [0.3, 0.4) is 0 Å². The summed E-state index contributed by atoms with van der Waals surface area (Å²) in [5, 5.41) is 3.29. The van der Waals surface area contributed by atoms with E-state index >= 15 is 0 Å². The smallest absolute Gasteiger partial charge is 0.223 e. The quantitative estimate of drug-likeness (QED) is 0.846. The molecule has 1 atom stereocenters. The Morgan fingerprint density at radius 1 is 1.43 bits per heavy atom. The van der Waals surface area contributed by atoms with Crippen LogP contribution in [0.4, 0.5) is 0 Å². The molecule has 2 aliphatic rings. The van der Waals surface area contributed by atoms with E-state index in [-0.39, 0.29) is 5.91 Å². The average molecular weight is 398 g/mol. The fourth-order valence-corrected chi connectivity index (χ4v) is 4.77. The van der Waals surface area contributed by atoms with Gasteiger partial charge in [-0.05, 0) is 43.0 Å². The number of fused-ring (bicyclic) bond motifs is 1. The first-order valence-electron chi connectivity index (χ1n) is 8.26. The van der Waals surface area contributed by atoms with E-state index in [0.29, 0.717) is 12.5 Å². The highest BCUT2D eigenvalue weighted by molar-refractivity contribution is 9.10. The summed E-state index contributed by atoms with van der Waals surface area (Å²) < 4.78 is 1.13. The molecule has 0 radical (unpaired) electrons. The Morgan fingerprint density at radius 3 is 3.00 bits per heavy atom. The topological polar surface area (TPSA) is 35.6 Å².